The summed E-state index contributed by atoms with van der Waals surface area (Å²) in [6, 6.07) is 0. The molecule has 6 nitrogen and oxygen atoms in total. The van der Waals surface area contributed by atoms with Gasteiger partial charge in [-0.25, -0.2) is 9.66 Å². The highest BCUT2D eigenvalue weighted by Gasteiger charge is 2.13. The molecule has 0 saturated carbocycles. The molecule has 6 heteroatoms. The lowest BCUT2D eigenvalue weighted by molar-refractivity contribution is 0.740. The van der Waals surface area contributed by atoms with Crippen molar-refractivity contribution in [1.82, 2.24) is 19.4 Å². The van der Waals surface area contributed by atoms with Crippen molar-refractivity contribution in [3.05, 3.63) is 18.2 Å². The molecule has 0 aliphatic carbocycles. The van der Waals surface area contributed by atoms with Gasteiger partial charge in [0.25, 0.3) is 0 Å². The minimum absolute atomic E-state index is 0.445. The molecule has 0 unspecified atom stereocenters. The van der Waals surface area contributed by atoms with Gasteiger partial charge in [-0.1, -0.05) is 0 Å². The van der Waals surface area contributed by atoms with Crippen LogP contribution in [-0.4, -0.2) is 19.4 Å². The second-order valence-electron chi connectivity index (χ2n) is 3.15. The molecule has 0 amide bonds. The quantitative estimate of drug-likeness (QED) is 0.617. The molecule has 0 saturated heterocycles. The Morgan fingerprint density at radius 1 is 1.43 bits per heavy atom. The van der Waals surface area contributed by atoms with Gasteiger partial charge >= 0.3 is 0 Å². The maximum absolute atomic E-state index is 5.75. The standard InChI is InChI=1S/C8H12N6/c1-5-6(3-12-13(5)2)7-8(9)14(10)4-11-7/h3-4H,9-10H2,1-2H3. The van der Waals surface area contributed by atoms with E-state index in [1.54, 1.807) is 10.9 Å². The van der Waals surface area contributed by atoms with Crippen LogP contribution in [0.2, 0.25) is 0 Å². The van der Waals surface area contributed by atoms with Gasteiger partial charge in [-0.3, -0.25) is 4.68 Å². The maximum Gasteiger partial charge on any atom is 0.150 e. The first-order valence-electron chi connectivity index (χ1n) is 4.18. The number of hydrogen-bond acceptors (Lipinski definition) is 4. The Hall–Kier alpha value is -1.98. The predicted molar refractivity (Wildman–Crippen MR) is 53.7 cm³/mol. The molecule has 2 heterocycles. The Morgan fingerprint density at radius 3 is 2.57 bits per heavy atom. The summed E-state index contributed by atoms with van der Waals surface area (Å²) in [4.78, 5) is 4.12. The topological polar surface area (TPSA) is 87.7 Å². The third-order valence-corrected chi connectivity index (χ3v) is 2.32. The zero-order chi connectivity index (χ0) is 10.3. The molecule has 74 valence electrons. The Kier molecular flexibility index (Phi) is 1.70. The fourth-order valence-electron chi connectivity index (χ4n) is 1.31. The van der Waals surface area contributed by atoms with Gasteiger partial charge in [0.05, 0.1) is 6.20 Å². The highest BCUT2D eigenvalue weighted by molar-refractivity contribution is 5.71. The number of nitrogens with two attached hydrogens (primary N) is 2. The smallest absolute Gasteiger partial charge is 0.150 e. The van der Waals surface area contributed by atoms with Crippen molar-refractivity contribution in [2.45, 2.75) is 6.92 Å². The van der Waals surface area contributed by atoms with Crippen LogP contribution in [0.3, 0.4) is 0 Å². The number of nitrogen functional groups attached to an aromatic ring is 2. The zero-order valence-corrected chi connectivity index (χ0v) is 8.10. The van der Waals surface area contributed by atoms with E-state index < -0.39 is 0 Å². The molecule has 0 radical (unpaired) electrons. The van der Waals surface area contributed by atoms with Crippen LogP contribution < -0.4 is 11.6 Å². The molecule has 0 aliphatic heterocycles. The van der Waals surface area contributed by atoms with Gasteiger partial charge in [-0.05, 0) is 6.92 Å². The van der Waals surface area contributed by atoms with Crippen molar-refractivity contribution in [2.24, 2.45) is 7.05 Å². The zero-order valence-electron chi connectivity index (χ0n) is 8.10. The summed E-state index contributed by atoms with van der Waals surface area (Å²) < 4.78 is 3.06. The Balaban J connectivity index is 2.60. The van der Waals surface area contributed by atoms with E-state index in [4.69, 9.17) is 11.6 Å². The third kappa shape index (κ3) is 1.04. The summed E-state index contributed by atoms with van der Waals surface area (Å²) in [5.41, 5.74) is 8.35. The number of hydrogen-bond donors (Lipinski definition) is 2. The summed E-state index contributed by atoms with van der Waals surface area (Å²) in [7, 11) is 1.87. The summed E-state index contributed by atoms with van der Waals surface area (Å²) in [6.45, 7) is 1.96. The van der Waals surface area contributed by atoms with E-state index >= 15 is 0 Å². The van der Waals surface area contributed by atoms with E-state index in [2.05, 4.69) is 10.1 Å². The molecule has 14 heavy (non-hydrogen) atoms. The molecule has 2 aromatic heterocycles. The second kappa shape index (κ2) is 2.76. The van der Waals surface area contributed by atoms with Crippen molar-refractivity contribution >= 4 is 5.82 Å². The van der Waals surface area contributed by atoms with Gasteiger partial charge in [0, 0.05) is 18.3 Å². The van der Waals surface area contributed by atoms with Crippen LogP contribution in [0.4, 0.5) is 5.82 Å². The van der Waals surface area contributed by atoms with E-state index in [1.807, 2.05) is 14.0 Å². The van der Waals surface area contributed by atoms with E-state index in [1.165, 1.54) is 11.0 Å². The van der Waals surface area contributed by atoms with Crippen LogP contribution in [0.15, 0.2) is 12.5 Å². The Labute approximate surface area is 81.1 Å². The Morgan fingerprint density at radius 2 is 2.14 bits per heavy atom. The molecule has 2 rings (SSSR count). The van der Waals surface area contributed by atoms with Crippen LogP contribution in [0, 0.1) is 6.92 Å². The second-order valence-corrected chi connectivity index (χ2v) is 3.15. The fraction of sp³-hybridized carbons (Fsp3) is 0.250. The van der Waals surface area contributed by atoms with E-state index in [0.29, 0.717) is 11.5 Å². The molecule has 0 fully saturated rings. The predicted octanol–water partition coefficient (Wildman–Crippen LogP) is -0.112. The fourth-order valence-corrected chi connectivity index (χ4v) is 1.31. The number of rotatable bonds is 1. The van der Waals surface area contributed by atoms with Crippen LogP contribution in [0.5, 0.6) is 0 Å². The third-order valence-electron chi connectivity index (χ3n) is 2.32. The highest BCUT2D eigenvalue weighted by atomic mass is 15.3. The summed E-state index contributed by atoms with van der Waals surface area (Å²) >= 11 is 0. The van der Waals surface area contributed by atoms with E-state index in [-0.39, 0.29) is 0 Å². The number of aromatic nitrogens is 4. The SMILES string of the molecule is Cc1c(-c2ncn(N)c2N)cnn1C. The first-order valence-corrected chi connectivity index (χ1v) is 4.18. The summed E-state index contributed by atoms with van der Waals surface area (Å²) in [5.74, 6) is 5.98. The van der Waals surface area contributed by atoms with Crippen LogP contribution in [0.1, 0.15) is 5.69 Å². The minimum Gasteiger partial charge on any atom is -0.382 e. The lowest BCUT2D eigenvalue weighted by Gasteiger charge is -1.99. The van der Waals surface area contributed by atoms with Crippen molar-refractivity contribution in [2.75, 3.05) is 11.6 Å². The average molecular weight is 192 g/mol. The first kappa shape index (κ1) is 8.61. The molecule has 4 N–H and O–H groups in total. The molecular weight excluding hydrogens is 180 g/mol. The van der Waals surface area contributed by atoms with Crippen LogP contribution >= 0.6 is 0 Å². The summed E-state index contributed by atoms with van der Waals surface area (Å²) in [5, 5.41) is 4.11. The van der Waals surface area contributed by atoms with E-state index in [0.717, 1.165) is 11.3 Å². The van der Waals surface area contributed by atoms with E-state index in [9.17, 15) is 0 Å². The molecule has 0 spiro atoms. The van der Waals surface area contributed by atoms with Gasteiger partial charge in [0.1, 0.15) is 12.0 Å². The Bertz CT molecular complexity index is 422. The average Bonchev–Trinajstić information content (AvgIpc) is 2.63. The molecule has 0 bridgehead atoms. The number of anilines is 1. The minimum atomic E-state index is 0.445. The van der Waals surface area contributed by atoms with Gasteiger partial charge in [0.15, 0.2) is 5.82 Å². The van der Waals surface area contributed by atoms with Crippen LogP contribution in [-0.2, 0) is 7.05 Å². The largest absolute Gasteiger partial charge is 0.382 e. The lowest BCUT2D eigenvalue weighted by atomic mass is 10.2. The number of nitrogens with zero attached hydrogens (tertiary/aromatic N) is 4. The van der Waals surface area contributed by atoms with Gasteiger partial charge in [-0.2, -0.15) is 5.10 Å². The molecule has 0 aromatic carbocycles. The van der Waals surface area contributed by atoms with Gasteiger partial charge in [0.2, 0.25) is 0 Å². The molecule has 2 aromatic rings. The van der Waals surface area contributed by atoms with Crippen molar-refractivity contribution < 1.29 is 0 Å². The van der Waals surface area contributed by atoms with Crippen LogP contribution in [0.25, 0.3) is 11.3 Å². The first-order chi connectivity index (χ1) is 6.61. The molecular formula is C8H12N6. The number of imidazole rings is 1. The van der Waals surface area contributed by atoms with Crippen molar-refractivity contribution in [1.29, 1.82) is 0 Å². The van der Waals surface area contributed by atoms with Gasteiger partial charge < -0.3 is 11.6 Å². The summed E-state index contributed by atoms with van der Waals surface area (Å²) in [6.07, 6.45) is 3.21. The monoisotopic (exact) mass is 192 g/mol. The maximum atomic E-state index is 5.75. The molecule has 0 atom stereocenters. The van der Waals surface area contributed by atoms with Crippen molar-refractivity contribution in [3.8, 4) is 11.3 Å². The number of aryl methyl sites for hydroxylation is 1. The van der Waals surface area contributed by atoms with Crippen molar-refractivity contribution in [3.63, 3.8) is 0 Å². The van der Waals surface area contributed by atoms with Gasteiger partial charge in [-0.15, -0.1) is 0 Å². The molecule has 0 aliphatic rings. The highest BCUT2D eigenvalue weighted by Crippen LogP contribution is 2.25. The normalized spacial score (nSPS) is 10.7. The lowest BCUT2D eigenvalue weighted by Crippen LogP contribution is -2.10.